The zero-order valence-corrected chi connectivity index (χ0v) is 17.1. The summed E-state index contributed by atoms with van der Waals surface area (Å²) in [5.41, 5.74) is 0.0149. The van der Waals surface area contributed by atoms with E-state index in [4.69, 9.17) is 0 Å². The van der Waals surface area contributed by atoms with Crippen LogP contribution in [-0.4, -0.2) is 20.6 Å². The van der Waals surface area contributed by atoms with Crippen molar-refractivity contribution in [3.8, 4) is 11.1 Å². The first kappa shape index (κ1) is 18.8. The van der Waals surface area contributed by atoms with Crippen molar-refractivity contribution in [2.75, 3.05) is 0 Å². The fraction of sp³-hybridized carbons (Fsp3) is 0.316. The number of rotatable bonds is 5. The minimum Gasteiger partial charge on any atom is -0.480 e. The topological polar surface area (TPSA) is 72.2 Å². The van der Waals surface area contributed by atoms with Gasteiger partial charge in [0.1, 0.15) is 16.2 Å². The van der Waals surface area contributed by atoms with Crippen LogP contribution in [0.5, 0.6) is 0 Å². The van der Waals surface area contributed by atoms with E-state index in [1.807, 2.05) is 36.6 Å². The van der Waals surface area contributed by atoms with E-state index in [9.17, 15) is 14.7 Å². The van der Waals surface area contributed by atoms with Gasteiger partial charge in [0.2, 0.25) is 0 Å². The second-order valence-corrected chi connectivity index (χ2v) is 8.39. The van der Waals surface area contributed by atoms with Crippen LogP contribution in [-0.2, 0) is 16.8 Å². The Morgan fingerprint density at radius 3 is 2.54 bits per heavy atom. The summed E-state index contributed by atoms with van der Waals surface area (Å²) in [5, 5.41) is 12.1. The van der Waals surface area contributed by atoms with E-state index in [1.54, 1.807) is 0 Å². The van der Waals surface area contributed by atoms with Crippen LogP contribution in [0.15, 0.2) is 38.9 Å². The highest BCUT2D eigenvalue weighted by atomic mass is 79.9. The molecular formula is C19H19BrN2O3S. The second kappa shape index (κ2) is 6.96. The molecule has 0 bridgehead atoms. The Kier molecular flexibility index (Phi) is 5.03. The molecule has 0 radical (unpaired) electrons. The molecule has 136 valence electrons. The summed E-state index contributed by atoms with van der Waals surface area (Å²) < 4.78 is 2.30. The Labute approximate surface area is 163 Å². The Bertz CT molecular complexity index is 1040. The van der Waals surface area contributed by atoms with Gasteiger partial charge in [0, 0.05) is 21.8 Å². The van der Waals surface area contributed by atoms with Crippen LogP contribution >= 0.6 is 27.3 Å². The smallest absolute Gasteiger partial charge is 0.329 e. The number of aromatic nitrogens is 2. The van der Waals surface area contributed by atoms with E-state index in [-0.39, 0.29) is 5.56 Å². The predicted octanol–water partition coefficient (Wildman–Crippen LogP) is 4.66. The van der Waals surface area contributed by atoms with Crippen LogP contribution in [0.25, 0.3) is 21.3 Å². The average Bonchev–Trinajstić information content (AvgIpc) is 3.00. The molecule has 2 aromatic heterocycles. The summed E-state index contributed by atoms with van der Waals surface area (Å²) >= 11 is 4.82. The molecule has 3 aromatic rings. The SMILES string of the molecule is CCCc1nc2scc(-c3ccc(Br)cc3)c2c(=O)n1C(C)(C)C(=O)O. The van der Waals surface area contributed by atoms with E-state index < -0.39 is 11.5 Å². The lowest BCUT2D eigenvalue weighted by atomic mass is 10.0. The molecule has 0 aliphatic heterocycles. The fourth-order valence-corrected chi connectivity index (χ4v) is 4.16. The average molecular weight is 435 g/mol. The number of fused-ring (bicyclic) bond motifs is 1. The molecule has 3 rings (SSSR count). The first-order chi connectivity index (χ1) is 12.3. The summed E-state index contributed by atoms with van der Waals surface area (Å²) in [6.07, 6.45) is 1.33. The minimum absolute atomic E-state index is 0.301. The normalized spacial score (nSPS) is 11.8. The molecule has 0 atom stereocenters. The second-order valence-electron chi connectivity index (χ2n) is 6.62. The minimum atomic E-state index is -1.37. The van der Waals surface area contributed by atoms with Crippen molar-refractivity contribution in [2.45, 2.75) is 39.2 Å². The monoisotopic (exact) mass is 434 g/mol. The Morgan fingerprint density at radius 1 is 1.31 bits per heavy atom. The van der Waals surface area contributed by atoms with E-state index in [2.05, 4.69) is 20.9 Å². The van der Waals surface area contributed by atoms with Crippen molar-refractivity contribution in [2.24, 2.45) is 0 Å². The predicted molar refractivity (Wildman–Crippen MR) is 108 cm³/mol. The maximum absolute atomic E-state index is 13.4. The molecule has 5 nitrogen and oxygen atoms in total. The number of carbonyl (C=O) groups is 1. The van der Waals surface area contributed by atoms with Gasteiger partial charge in [-0.05, 0) is 38.0 Å². The first-order valence-corrected chi connectivity index (χ1v) is 9.97. The number of nitrogens with zero attached hydrogens (tertiary/aromatic N) is 2. The highest BCUT2D eigenvalue weighted by molar-refractivity contribution is 9.10. The Morgan fingerprint density at radius 2 is 1.96 bits per heavy atom. The Balaban J connectivity index is 2.36. The number of benzene rings is 1. The van der Waals surface area contributed by atoms with Crippen molar-refractivity contribution >= 4 is 43.5 Å². The zero-order valence-electron chi connectivity index (χ0n) is 14.7. The lowest BCUT2D eigenvalue weighted by Gasteiger charge is -2.25. The van der Waals surface area contributed by atoms with Gasteiger partial charge in [0.05, 0.1) is 5.39 Å². The molecular weight excluding hydrogens is 416 g/mol. The molecule has 0 aliphatic carbocycles. The van der Waals surface area contributed by atoms with Gasteiger partial charge in [0.15, 0.2) is 0 Å². The van der Waals surface area contributed by atoms with Crippen LogP contribution in [0.4, 0.5) is 0 Å². The van der Waals surface area contributed by atoms with Gasteiger partial charge in [-0.3, -0.25) is 9.36 Å². The number of hydrogen-bond donors (Lipinski definition) is 1. The third-order valence-electron chi connectivity index (χ3n) is 4.39. The lowest BCUT2D eigenvalue weighted by Crippen LogP contribution is -2.44. The molecule has 2 heterocycles. The maximum Gasteiger partial charge on any atom is 0.329 e. The van der Waals surface area contributed by atoms with Crippen LogP contribution in [0, 0.1) is 0 Å². The third-order valence-corrected chi connectivity index (χ3v) is 5.79. The number of halogens is 1. The molecule has 0 amide bonds. The van der Waals surface area contributed by atoms with Crippen molar-refractivity contribution in [3.05, 3.63) is 50.3 Å². The van der Waals surface area contributed by atoms with Crippen LogP contribution in [0.3, 0.4) is 0 Å². The molecule has 0 aliphatic rings. The number of aliphatic carboxylic acids is 1. The van der Waals surface area contributed by atoms with Gasteiger partial charge in [-0.15, -0.1) is 11.3 Å². The van der Waals surface area contributed by atoms with Gasteiger partial charge in [-0.25, -0.2) is 9.78 Å². The third kappa shape index (κ3) is 3.10. The lowest BCUT2D eigenvalue weighted by molar-refractivity contribution is -0.146. The molecule has 7 heteroatoms. The van der Waals surface area contributed by atoms with E-state index in [0.717, 1.165) is 22.0 Å². The van der Waals surface area contributed by atoms with Crippen LogP contribution in [0.2, 0.25) is 0 Å². The Hall–Kier alpha value is -1.99. The molecule has 0 saturated carbocycles. The number of carboxylic acids is 1. The number of thiophene rings is 1. The molecule has 1 N–H and O–H groups in total. The van der Waals surface area contributed by atoms with Gasteiger partial charge in [0.25, 0.3) is 5.56 Å². The molecule has 0 spiro atoms. The molecule has 26 heavy (non-hydrogen) atoms. The summed E-state index contributed by atoms with van der Waals surface area (Å²) in [6, 6.07) is 7.68. The summed E-state index contributed by atoms with van der Waals surface area (Å²) in [4.78, 5) is 30.5. The van der Waals surface area contributed by atoms with E-state index in [1.165, 1.54) is 29.8 Å². The summed E-state index contributed by atoms with van der Waals surface area (Å²) in [7, 11) is 0. The largest absolute Gasteiger partial charge is 0.480 e. The molecule has 0 fully saturated rings. The van der Waals surface area contributed by atoms with Crippen molar-refractivity contribution in [3.63, 3.8) is 0 Å². The van der Waals surface area contributed by atoms with Crippen LogP contribution in [0.1, 0.15) is 33.0 Å². The van der Waals surface area contributed by atoms with Crippen LogP contribution < -0.4 is 5.56 Å². The number of carboxylic acid groups (broad SMARTS) is 1. The first-order valence-electron chi connectivity index (χ1n) is 8.30. The van der Waals surface area contributed by atoms with Crippen molar-refractivity contribution < 1.29 is 9.90 Å². The van der Waals surface area contributed by atoms with Gasteiger partial charge in [-0.1, -0.05) is 35.0 Å². The number of aryl methyl sites for hydroxylation is 1. The fourth-order valence-electron chi connectivity index (χ4n) is 2.94. The standard InChI is InChI=1S/C19H19BrN2O3S/c1-4-5-14-21-16-15(17(23)22(14)19(2,3)18(24)25)13(10-26-16)11-6-8-12(20)9-7-11/h6-10H,4-5H2,1-3H3,(H,24,25). The maximum atomic E-state index is 13.4. The van der Waals surface area contributed by atoms with Gasteiger partial charge in [-0.2, -0.15) is 0 Å². The molecule has 1 aromatic carbocycles. The van der Waals surface area contributed by atoms with E-state index in [0.29, 0.717) is 22.5 Å². The van der Waals surface area contributed by atoms with E-state index >= 15 is 0 Å². The zero-order chi connectivity index (χ0) is 19.1. The van der Waals surface area contributed by atoms with Gasteiger partial charge >= 0.3 is 5.97 Å². The highest BCUT2D eigenvalue weighted by Crippen LogP contribution is 2.32. The number of hydrogen-bond acceptors (Lipinski definition) is 4. The molecule has 0 saturated heterocycles. The quantitative estimate of drug-likeness (QED) is 0.633. The summed E-state index contributed by atoms with van der Waals surface area (Å²) in [5.74, 6) is -0.542. The van der Waals surface area contributed by atoms with Crippen molar-refractivity contribution in [1.29, 1.82) is 0 Å². The molecule has 0 unspecified atom stereocenters. The highest BCUT2D eigenvalue weighted by Gasteiger charge is 2.34. The summed E-state index contributed by atoms with van der Waals surface area (Å²) in [6.45, 7) is 5.06. The van der Waals surface area contributed by atoms with Gasteiger partial charge < -0.3 is 5.11 Å². The van der Waals surface area contributed by atoms with Crippen molar-refractivity contribution in [1.82, 2.24) is 9.55 Å².